The molecule has 0 aliphatic heterocycles. The van der Waals surface area contributed by atoms with Crippen LogP contribution >= 0.6 is 11.3 Å². The van der Waals surface area contributed by atoms with E-state index in [4.69, 9.17) is 4.74 Å². The topological polar surface area (TPSA) is 42.4 Å². The summed E-state index contributed by atoms with van der Waals surface area (Å²) in [5.41, 5.74) is 1.68. The van der Waals surface area contributed by atoms with Gasteiger partial charge in [-0.05, 0) is 24.3 Å². The maximum atomic E-state index is 9.99. The van der Waals surface area contributed by atoms with E-state index in [-0.39, 0.29) is 5.75 Å². The highest BCUT2D eigenvalue weighted by Gasteiger charge is 2.10. The van der Waals surface area contributed by atoms with Crippen molar-refractivity contribution in [3.05, 3.63) is 42.5 Å². The highest BCUT2D eigenvalue weighted by Crippen LogP contribution is 2.36. The van der Waals surface area contributed by atoms with E-state index in [2.05, 4.69) is 4.98 Å². The quantitative estimate of drug-likeness (QED) is 0.761. The maximum absolute atomic E-state index is 9.99. The number of hydrogen-bond acceptors (Lipinski definition) is 4. The summed E-state index contributed by atoms with van der Waals surface area (Å²) in [7, 11) is 1.58. The second kappa shape index (κ2) is 4.31. The van der Waals surface area contributed by atoms with E-state index in [1.165, 1.54) is 0 Å². The number of phenols is 1. The fourth-order valence-corrected chi connectivity index (χ4v) is 2.81. The van der Waals surface area contributed by atoms with E-state index < -0.39 is 0 Å². The van der Waals surface area contributed by atoms with Crippen LogP contribution in [0.4, 0.5) is 0 Å². The molecule has 3 nitrogen and oxygen atoms in total. The Morgan fingerprint density at radius 3 is 2.72 bits per heavy atom. The van der Waals surface area contributed by atoms with Crippen molar-refractivity contribution in [3.63, 3.8) is 0 Å². The molecular weight excluding hydrogens is 246 g/mol. The minimum absolute atomic E-state index is 0.188. The van der Waals surface area contributed by atoms with E-state index in [0.717, 1.165) is 20.8 Å². The fraction of sp³-hybridized carbons (Fsp3) is 0.0714. The molecule has 0 atom stereocenters. The lowest BCUT2D eigenvalue weighted by molar-refractivity contribution is 0.408. The molecule has 0 aliphatic rings. The zero-order valence-electron chi connectivity index (χ0n) is 9.75. The van der Waals surface area contributed by atoms with Crippen molar-refractivity contribution in [2.24, 2.45) is 0 Å². The lowest BCUT2D eigenvalue weighted by Crippen LogP contribution is -1.83. The summed E-state index contributed by atoms with van der Waals surface area (Å²) in [6.07, 6.45) is 0. The Hall–Kier alpha value is -2.07. The Kier molecular flexibility index (Phi) is 2.64. The molecule has 1 N–H and O–H groups in total. The van der Waals surface area contributed by atoms with Gasteiger partial charge < -0.3 is 9.84 Å². The van der Waals surface area contributed by atoms with Crippen LogP contribution in [0.1, 0.15) is 0 Å². The maximum Gasteiger partial charge on any atom is 0.129 e. The van der Waals surface area contributed by atoms with Crippen molar-refractivity contribution >= 4 is 21.6 Å². The summed E-state index contributed by atoms with van der Waals surface area (Å²) < 4.78 is 6.18. The van der Waals surface area contributed by atoms with Gasteiger partial charge in [-0.25, -0.2) is 4.98 Å². The van der Waals surface area contributed by atoms with E-state index in [1.807, 2.05) is 36.4 Å². The first-order valence-corrected chi connectivity index (χ1v) is 6.32. The number of methoxy groups -OCH3 is 1. The molecule has 1 heterocycles. The number of para-hydroxylation sites is 1. The van der Waals surface area contributed by atoms with Gasteiger partial charge in [-0.2, -0.15) is 0 Å². The molecule has 0 saturated heterocycles. The molecule has 0 unspecified atom stereocenters. The highest BCUT2D eigenvalue weighted by molar-refractivity contribution is 7.21. The highest BCUT2D eigenvalue weighted by atomic mass is 32.1. The third kappa shape index (κ3) is 1.80. The molecule has 90 valence electrons. The van der Waals surface area contributed by atoms with Crippen LogP contribution in [0, 0.1) is 0 Å². The summed E-state index contributed by atoms with van der Waals surface area (Å²) in [5, 5.41) is 10.8. The van der Waals surface area contributed by atoms with Gasteiger partial charge in [0.15, 0.2) is 0 Å². The zero-order chi connectivity index (χ0) is 12.5. The number of fused-ring (bicyclic) bond motifs is 1. The van der Waals surface area contributed by atoms with Crippen LogP contribution in [0.15, 0.2) is 42.5 Å². The van der Waals surface area contributed by atoms with Gasteiger partial charge in [0.25, 0.3) is 0 Å². The Morgan fingerprint density at radius 1 is 1.17 bits per heavy atom. The smallest absolute Gasteiger partial charge is 0.129 e. The van der Waals surface area contributed by atoms with Gasteiger partial charge in [0.2, 0.25) is 0 Å². The Balaban J connectivity index is 2.14. The van der Waals surface area contributed by atoms with Crippen molar-refractivity contribution in [1.82, 2.24) is 4.98 Å². The van der Waals surface area contributed by atoms with Crippen LogP contribution in [0.3, 0.4) is 0 Å². The second-order valence-corrected chi connectivity index (χ2v) is 4.90. The Morgan fingerprint density at radius 2 is 2.00 bits per heavy atom. The number of benzene rings is 2. The zero-order valence-corrected chi connectivity index (χ0v) is 10.6. The first-order valence-electron chi connectivity index (χ1n) is 5.51. The third-order valence-electron chi connectivity index (χ3n) is 2.73. The number of thiazole rings is 1. The SMILES string of the molecule is COc1ccc(-c2nc3ccccc3s2)c(O)c1. The molecule has 0 radical (unpaired) electrons. The fourth-order valence-electron chi connectivity index (χ4n) is 1.81. The second-order valence-electron chi connectivity index (χ2n) is 3.87. The molecule has 0 saturated carbocycles. The van der Waals surface area contributed by atoms with Gasteiger partial charge in [-0.3, -0.25) is 0 Å². The molecule has 3 aromatic rings. The van der Waals surface area contributed by atoms with Crippen LogP contribution in [0.5, 0.6) is 11.5 Å². The largest absolute Gasteiger partial charge is 0.507 e. The predicted molar refractivity (Wildman–Crippen MR) is 73.3 cm³/mol. The molecule has 0 aliphatic carbocycles. The minimum atomic E-state index is 0.188. The van der Waals surface area contributed by atoms with Gasteiger partial charge in [0.1, 0.15) is 16.5 Å². The van der Waals surface area contributed by atoms with Crippen LogP contribution in [-0.2, 0) is 0 Å². The van der Waals surface area contributed by atoms with Crippen molar-refractivity contribution in [2.75, 3.05) is 7.11 Å². The predicted octanol–water partition coefficient (Wildman–Crippen LogP) is 3.68. The standard InChI is InChI=1S/C14H11NO2S/c1-17-9-6-7-10(12(16)8-9)14-15-11-4-2-3-5-13(11)18-14/h2-8,16H,1H3. The van der Waals surface area contributed by atoms with E-state index in [0.29, 0.717) is 5.75 Å². The first kappa shape index (κ1) is 11.0. The number of ether oxygens (including phenoxy) is 1. The number of nitrogens with zero attached hydrogens (tertiary/aromatic N) is 1. The van der Waals surface area contributed by atoms with E-state index in [9.17, 15) is 5.11 Å². The molecule has 3 rings (SSSR count). The van der Waals surface area contributed by atoms with Crippen LogP contribution < -0.4 is 4.74 Å². The monoisotopic (exact) mass is 257 g/mol. The molecule has 0 bridgehead atoms. The summed E-state index contributed by atoms with van der Waals surface area (Å²) in [6.45, 7) is 0. The Labute approximate surface area is 108 Å². The molecule has 2 aromatic carbocycles. The number of aromatic nitrogens is 1. The van der Waals surface area contributed by atoms with Gasteiger partial charge in [-0.1, -0.05) is 12.1 Å². The van der Waals surface area contributed by atoms with Crippen molar-refractivity contribution in [2.45, 2.75) is 0 Å². The number of rotatable bonds is 2. The summed E-state index contributed by atoms with van der Waals surface area (Å²) in [4.78, 5) is 4.52. The molecule has 1 aromatic heterocycles. The first-order chi connectivity index (χ1) is 8.78. The summed E-state index contributed by atoms with van der Waals surface area (Å²) >= 11 is 1.57. The van der Waals surface area contributed by atoms with Gasteiger partial charge in [0, 0.05) is 6.07 Å². The van der Waals surface area contributed by atoms with Crippen LogP contribution in [-0.4, -0.2) is 17.2 Å². The molecule has 4 heteroatoms. The third-order valence-corrected chi connectivity index (χ3v) is 3.80. The summed E-state index contributed by atoms with van der Waals surface area (Å²) in [6, 6.07) is 13.2. The van der Waals surface area contributed by atoms with Crippen molar-refractivity contribution in [3.8, 4) is 22.1 Å². The van der Waals surface area contributed by atoms with Gasteiger partial charge >= 0.3 is 0 Å². The molecule has 0 fully saturated rings. The molecule has 0 spiro atoms. The molecule has 18 heavy (non-hydrogen) atoms. The lowest BCUT2D eigenvalue weighted by atomic mass is 10.2. The normalized spacial score (nSPS) is 10.7. The average molecular weight is 257 g/mol. The van der Waals surface area contributed by atoms with E-state index in [1.54, 1.807) is 24.5 Å². The number of hydrogen-bond donors (Lipinski definition) is 1. The molecule has 0 amide bonds. The minimum Gasteiger partial charge on any atom is -0.507 e. The van der Waals surface area contributed by atoms with Crippen LogP contribution in [0.25, 0.3) is 20.8 Å². The Bertz CT molecular complexity index is 673. The van der Waals surface area contributed by atoms with Crippen molar-refractivity contribution in [1.29, 1.82) is 0 Å². The van der Waals surface area contributed by atoms with Crippen molar-refractivity contribution < 1.29 is 9.84 Å². The number of phenolic OH excluding ortho intramolecular Hbond substituents is 1. The lowest BCUT2D eigenvalue weighted by Gasteiger charge is -2.03. The van der Waals surface area contributed by atoms with E-state index >= 15 is 0 Å². The average Bonchev–Trinajstić information content (AvgIpc) is 2.81. The van der Waals surface area contributed by atoms with Gasteiger partial charge in [0.05, 0.1) is 22.9 Å². The summed E-state index contributed by atoms with van der Waals surface area (Å²) in [5.74, 6) is 0.825. The number of aromatic hydroxyl groups is 1. The van der Waals surface area contributed by atoms with Gasteiger partial charge in [-0.15, -0.1) is 11.3 Å². The van der Waals surface area contributed by atoms with Crippen LogP contribution in [0.2, 0.25) is 0 Å². The molecular formula is C14H11NO2S.